The maximum Gasteiger partial charge on any atom is 0.328 e. The third-order valence-electron chi connectivity index (χ3n) is 2.11. The Kier molecular flexibility index (Phi) is 4.63. The van der Waals surface area contributed by atoms with Crippen molar-refractivity contribution in [1.29, 1.82) is 0 Å². The topological polar surface area (TPSA) is 68.3 Å². The van der Waals surface area contributed by atoms with Gasteiger partial charge in [-0.25, -0.2) is 9.78 Å². The van der Waals surface area contributed by atoms with Crippen molar-refractivity contribution in [2.75, 3.05) is 6.61 Å². The lowest BCUT2D eigenvalue weighted by Gasteiger charge is -2.12. The van der Waals surface area contributed by atoms with Crippen LogP contribution in [0.15, 0.2) is 18.2 Å². The molecule has 0 saturated heterocycles. The van der Waals surface area contributed by atoms with Gasteiger partial charge in [-0.05, 0) is 32.9 Å². The van der Waals surface area contributed by atoms with Gasteiger partial charge in [0.05, 0.1) is 6.61 Å². The van der Waals surface area contributed by atoms with Gasteiger partial charge in [-0.3, -0.25) is 4.79 Å². The van der Waals surface area contributed by atoms with E-state index in [-0.39, 0.29) is 5.91 Å². The summed E-state index contributed by atoms with van der Waals surface area (Å²) in [6.45, 7) is 5.38. The maximum atomic E-state index is 11.7. The van der Waals surface area contributed by atoms with E-state index in [0.29, 0.717) is 12.3 Å². The molecule has 1 atom stereocenters. The first-order valence-corrected chi connectivity index (χ1v) is 5.45. The van der Waals surface area contributed by atoms with Crippen LogP contribution < -0.4 is 5.32 Å². The van der Waals surface area contributed by atoms with Crippen molar-refractivity contribution in [3.8, 4) is 0 Å². The standard InChI is InChI=1S/C12H16N2O3/c1-4-17-12(16)9(3)14-11(15)10-7-5-6-8(2)13-10/h5-7,9H,4H2,1-3H3,(H,14,15). The van der Waals surface area contributed by atoms with Crippen molar-refractivity contribution in [2.45, 2.75) is 26.8 Å². The predicted octanol–water partition coefficient (Wildman–Crippen LogP) is 1.07. The van der Waals surface area contributed by atoms with Gasteiger partial charge in [0.25, 0.3) is 5.91 Å². The average Bonchev–Trinajstić information content (AvgIpc) is 2.29. The highest BCUT2D eigenvalue weighted by Gasteiger charge is 2.17. The molecule has 0 aliphatic heterocycles. The summed E-state index contributed by atoms with van der Waals surface area (Å²) < 4.78 is 4.79. The second-order valence-corrected chi connectivity index (χ2v) is 3.61. The van der Waals surface area contributed by atoms with Gasteiger partial charge in [0.15, 0.2) is 0 Å². The molecule has 0 aliphatic carbocycles. The van der Waals surface area contributed by atoms with Crippen molar-refractivity contribution in [3.63, 3.8) is 0 Å². The van der Waals surface area contributed by atoms with Crippen molar-refractivity contribution in [2.24, 2.45) is 0 Å². The molecule has 0 radical (unpaired) electrons. The number of pyridine rings is 1. The largest absolute Gasteiger partial charge is 0.464 e. The molecule has 1 amide bonds. The number of nitrogens with one attached hydrogen (secondary N) is 1. The van der Waals surface area contributed by atoms with Gasteiger partial charge in [-0.2, -0.15) is 0 Å². The second-order valence-electron chi connectivity index (χ2n) is 3.61. The molecule has 1 heterocycles. The van der Waals surface area contributed by atoms with Gasteiger partial charge >= 0.3 is 5.97 Å². The number of esters is 1. The van der Waals surface area contributed by atoms with Gasteiger partial charge in [0, 0.05) is 5.69 Å². The summed E-state index contributed by atoms with van der Waals surface area (Å²) in [7, 11) is 0. The minimum absolute atomic E-state index is 0.293. The zero-order valence-electron chi connectivity index (χ0n) is 10.2. The molecule has 0 aromatic carbocycles. The zero-order valence-corrected chi connectivity index (χ0v) is 10.2. The summed E-state index contributed by atoms with van der Waals surface area (Å²) in [6.07, 6.45) is 0. The van der Waals surface area contributed by atoms with Gasteiger partial charge in [0.2, 0.25) is 0 Å². The first-order valence-electron chi connectivity index (χ1n) is 5.45. The lowest BCUT2D eigenvalue weighted by Crippen LogP contribution is -2.39. The number of aromatic nitrogens is 1. The van der Waals surface area contributed by atoms with Gasteiger partial charge < -0.3 is 10.1 Å². The molecule has 1 rings (SSSR count). The molecule has 1 aromatic heterocycles. The quantitative estimate of drug-likeness (QED) is 0.794. The average molecular weight is 236 g/mol. The van der Waals surface area contributed by atoms with Gasteiger partial charge in [0.1, 0.15) is 11.7 Å². The Hall–Kier alpha value is -1.91. The lowest BCUT2D eigenvalue weighted by molar-refractivity contribution is -0.144. The smallest absolute Gasteiger partial charge is 0.328 e. The number of nitrogens with zero attached hydrogens (tertiary/aromatic N) is 1. The van der Waals surface area contributed by atoms with E-state index < -0.39 is 12.0 Å². The summed E-state index contributed by atoms with van der Waals surface area (Å²) in [5, 5.41) is 2.53. The summed E-state index contributed by atoms with van der Waals surface area (Å²) >= 11 is 0. The van der Waals surface area contributed by atoms with E-state index in [1.54, 1.807) is 39.0 Å². The Morgan fingerprint density at radius 2 is 2.18 bits per heavy atom. The molecular weight excluding hydrogens is 220 g/mol. The molecule has 5 heteroatoms. The number of amides is 1. The number of ether oxygens (including phenoxy) is 1. The van der Waals surface area contributed by atoms with E-state index in [9.17, 15) is 9.59 Å². The molecule has 0 bridgehead atoms. The fourth-order valence-corrected chi connectivity index (χ4v) is 1.27. The van der Waals surface area contributed by atoms with E-state index in [0.717, 1.165) is 5.69 Å². The van der Waals surface area contributed by atoms with Gasteiger partial charge in [-0.15, -0.1) is 0 Å². The summed E-state index contributed by atoms with van der Waals surface area (Å²) in [6, 6.07) is 4.46. The molecule has 92 valence electrons. The molecule has 1 N–H and O–H groups in total. The Labute approximate surface area is 100 Å². The minimum Gasteiger partial charge on any atom is -0.464 e. The van der Waals surface area contributed by atoms with Crippen molar-refractivity contribution in [3.05, 3.63) is 29.6 Å². The highest BCUT2D eigenvalue weighted by molar-refractivity contribution is 5.95. The van der Waals surface area contributed by atoms with Crippen molar-refractivity contribution < 1.29 is 14.3 Å². The highest BCUT2D eigenvalue weighted by atomic mass is 16.5. The highest BCUT2D eigenvalue weighted by Crippen LogP contribution is 1.99. The molecule has 5 nitrogen and oxygen atoms in total. The Morgan fingerprint density at radius 1 is 1.47 bits per heavy atom. The molecule has 17 heavy (non-hydrogen) atoms. The van der Waals surface area contributed by atoms with Crippen LogP contribution in [0.1, 0.15) is 30.0 Å². The SMILES string of the molecule is CCOC(=O)C(C)NC(=O)c1cccc(C)n1. The van der Waals surface area contributed by atoms with Crippen LogP contribution in [0.2, 0.25) is 0 Å². The molecule has 0 spiro atoms. The van der Waals surface area contributed by atoms with E-state index in [1.165, 1.54) is 0 Å². The Balaban J connectivity index is 2.63. The van der Waals surface area contributed by atoms with Crippen LogP contribution in [-0.2, 0) is 9.53 Å². The second kappa shape index (κ2) is 5.98. The Bertz CT molecular complexity index is 418. The fourth-order valence-electron chi connectivity index (χ4n) is 1.27. The normalized spacial score (nSPS) is 11.7. The monoisotopic (exact) mass is 236 g/mol. The zero-order chi connectivity index (χ0) is 12.8. The van der Waals surface area contributed by atoms with Crippen LogP contribution in [0.25, 0.3) is 0 Å². The van der Waals surface area contributed by atoms with Crippen LogP contribution in [0.3, 0.4) is 0 Å². The molecule has 1 aromatic rings. The molecular formula is C12H16N2O3. The van der Waals surface area contributed by atoms with Crippen LogP contribution in [0, 0.1) is 6.92 Å². The summed E-state index contributed by atoms with van der Waals surface area (Å²) in [5.74, 6) is -0.831. The summed E-state index contributed by atoms with van der Waals surface area (Å²) in [5.41, 5.74) is 1.04. The van der Waals surface area contributed by atoms with Crippen LogP contribution in [-0.4, -0.2) is 29.5 Å². The number of carbonyl (C=O) groups is 2. The van der Waals surface area contributed by atoms with Crippen molar-refractivity contribution >= 4 is 11.9 Å². The van der Waals surface area contributed by atoms with Crippen LogP contribution in [0.5, 0.6) is 0 Å². The maximum absolute atomic E-state index is 11.7. The number of aryl methyl sites for hydroxylation is 1. The fraction of sp³-hybridized carbons (Fsp3) is 0.417. The number of hydrogen-bond donors (Lipinski definition) is 1. The van der Waals surface area contributed by atoms with E-state index in [4.69, 9.17) is 4.74 Å². The molecule has 1 unspecified atom stereocenters. The third kappa shape index (κ3) is 3.86. The molecule has 0 fully saturated rings. The van der Waals surface area contributed by atoms with E-state index in [2.05, 4.69) is 10.3 Å². The number of hydrogen-bond acceptors (Lipinski definition) is 4. The molecule has 0 aliphatic rings. The summed E-state index contributed by atoms with van der Waals surface area (Å²) in [4.78, 5) is 27.1. The van der Waals surface area contributed by atoms with Gasteiger partial charge in [-0.1, -0.05) is 6.07 Å². The first kappa shape index (κ1) is 13.2. The minimum atomic E-state index is -0.676. The lowest BCUT2D eigenvalue weighted by atomic mass is 10.2. The van der Waals surface area contributed by atoms with E-state index in [1.807, 2.05) is 0 Å². The Morgan fingerprint density at radius 3 is 2.76 bits per heavy atom. The van der Waals surface area contributed by atoms with E-state index >= 15 is 0 Å². The van der Waals surface area contributed by atoms with Crippen LogP contribution in [0.4, 0.5) is 0 Å². The molecule has 0 saturated carbocycles. The first-order chi connectivity index (χ1) is 8.04. The number of rotatable bonds is 4. The number of carbonyl (C=O) groups excluding carboxylic acids is 2. The predicted molar refractivity (Wildman–Crippen MR) is 62.5 cm³/mol. The third-order valence-corrected chi connectivity index (χ3v) is 2.11. The van der Waals surface area contributed by atoms with Crippen molar-refractivity contribution in [1.82, 2.24) is 10.3 Å². The van der Waals surface area contributed by atoms with Crippen LogP contribution >= 0.6 is 0 Å².